The number of anilines is 1. The molecule has 1 aliphatic rings. The minimum atomic E-state index is -0.334. The van der Waals surface area contributed by atoms with Gasteiger partial charge in [0.25, 0.3) is 5.91 Å². The van der Waals surface area contributed by atoms with Crippen LogP contribution in [0.15, 0.2) is 24.3 Å². The minimum Gasteiger partial charge on any atom is -0.347 e. The molecule has 0 spiro atoms. The van der Waals surface area contributed by atoms with Crippen LogP contribution in [0.4, 0.5) is 10.5 Å². The van der Waals surface area contributed by atoms with Crippen LogP contribution in [0.3, 0.4) is 0 Å². The summed E-state index contributed by atoms with van der Waals surface area (Å²) in [7, 11) is 0. The normalized spacial score (nSPS) is 16.3. The zero-order valence-electron chi connectivity index (χ0n) is 15.7. The highest BCUT2D eigenvalue weighted by molar-refractivity contribution is 6.03. The van der Waals surface area contributed by atoms with Crippen LogP contribution in [-0.4, -0.2) is 48.1 Å². The molecule has 25 heavy (non-hydrogen) atoms. The first-order chi connectivity index (χ1) is 11.8. The largest absolute Gasteiger partial charge is 0.347 e. The number of amides is 3. The molecule has 0 bridgehead atoms. The highest BCUT2D eigenvalue weighted by atomic mass is 16.2. The average Bonchev–Trinajstić information content (AvgIpc) is 2.54. The summed E-state index contributed by atoms with van der Waals surface area (Å²) in [5.41, 5.74) is 0.654. The van der Waals surface area contributed by atoms with E-state index in [2.05, 4.69) is 27.8 Å². The molecular formula is C19H30N4O2. The number of carbonyl (C=O) groups is 2. The van der Waals surface area contributed by atoms with Gasteiger partial charge in [-0.2, -0.15) is 0 Å². The van der Waals surface area contributed by atoms with Crippen molar-refractivity contribution in [1.29, 1.82) is 0 Å². The van der Waals surface area contributed by atoms with Crippen molar-refractivity contribution >= 4 is 17.6 Å². The zero-order chi connectivity index (χ0) is 18.4. The van der Waals surface area contributed by atoms with Gasteiger partial charge in [-0.05, 0) is 52.3 Å². The molecule has 3 N–H and O–H groups in total. The fourth-order valence-electron chi connectivity index (χ4n) is 2.94. The summed E-state index contributed by atoms with van der Waals surface area (Å²) >= 11 is 0. The standard InChI is InChI=1S/C19H30N4O2/c1-5-23-12-10-14(11-13-23)20-18(25)21-16-9-7-6-8-15(16)17(24)22-19(2,3)4/h6-9,14H,5,10-13H2,1-4H3,(H,22,24)(H2,20,21,25). The van der Waals surface area contributed by atoms with Crippen LogP contribution in [0.25, 0.3) is 0 Å². The summed E-state index contributed by atoms with van der Waals surface area (Å²) in [4.78, 5) is 27.1. The maximum absolute atomic E-state index is 12.4. The fraction of sp³-hybridized carbons (Fsp3) is 0.579. The van der Waals surface area contributed by atoms with Crippen LogP contribution in [-0.2, 0) is 0 Å². The van der Waals surface area contributed by atoms with Crippen LogP contribution >= 0.6 is 0 Å². The highest BCUT2D eigenvalue weighted by Gasteiger charge is 2.21. The van der Waals surface area contributed by atoms with Crippen molar-refractivity contribution in [3.8, 4) is 0 Å². The molecule has 0 radical (unpaired) electrons. The Balaban J connectivity index is 1.96. The van der Waals surface area contributed by atoms with E-state index in [4.69, 9.17) is 0 Å². The molecule has 6 nitrogen and oxygen atoms in total. The van der Waals surface area contributed by atoms with Crippen molar-refractivity contribution in [3.05, 3.63) is 29.8 Å². The number of hydrogen-bond donors (Lipinski definition) is 3. The minimum absolute atomic E-state index is 0.179. The van der Waals surface area contributed by atoms with E-state index in [0.29, 0.717) is 11.3 Å². The molecule has 1 fully saturated rings. The molecule has 1 aromatic rings. The van der Waals surface area contributed by atoms with E-state index < -0.39 is 0 Å². The fourth-order valence-corrected chi connectivity index (χ4v) is 2.94. The number of carbonyl (C=O) groups excluding carboxylic acids is 2. The first kappa shape index (κ1) is 19.2. The lowest BCUT2D eigenvalue weighted by molar-refractivity contribution is 0.0920. The second-order valence-corrected chi connectivity index (χ2v) is 7.56. The number of para-hydroxylation sites is 1. The van der Waals surface area contributed by atoms with Crippen molar-refractivity contribution in [2.75, 3.05) is 25.0 Å². The second-order valence-electron chi connectivity index (χ2n) is 7.56. The number of hydrogen-bond acceptors (Lipinski definition) is 3. The van der Waals surface area contributed by atoms with Gasteiger partial charge in [0.15, 0.2) is 0 Å². The number of likely N-dealkylation sites (tertiary alicyclic amines) is 1. The van der Waals surface area contributed by atoms with Gasteiger partial charge in [0, 0.05) is 24.7 Å². The molecule has 1 aromatic carbocycles. The lowest BCUT2D eigenvalue weighted by atomic mass is 10.1. The Morgan fingerprint density at radius 2 is 1.80 bits per heavy atom. The smallest absolute Gasteiger partial charge is 0.319 e. The Kier molecular flexibility index (Phi) is 6.42. The van der Waals surface area contributed by atoms with Crippen LogP contribution < -0.4 is 16.0 Å². The van der Waals surface area contributed by atoms with E-state index in [9.17, 15) is 9.59 Å². The molecule has 0 atom stereocenters. The number of urea groups is 1. The first-order valence-electron chi connectivity index (χ1n) is 9.00. The lowest BCUT2D eigenvalue weighted by Crippen LogP contribution is -2.46. The summed E-state index contributed by atoms with van der Waals surface area (Å²) in [5, 5.41) is 8.77. The monoisotopic (exact) mass is 346 g/mol. The molecule has 6 heteroatoms. The number of benzene rings is 1. The van der Waals surface area contributed by atoms with Gasteiger partial charge in [0.2, 0.25) is 0 Å². The molecule has 0 unspecified atom stereocenters. The van der Waals surface area contributed by atoms with Crippen molar-refractivity contribution in [1.82, 2.24) is 15.5 Å². The number of nitrogens with zero attached hydrogens (tertiary/aromatic N) is 1. The molecule has 0 aromatic heterocycles. The maximum Gasteiger partial charge on any atom is 0.319 e. The Bertz CT molecular complexity index is 602. The van der Waals surface area contributed by atoms with Crippen LogP contribution in [0.5, 0.6) is 0 Å². The van der Waals surface area contributed by atoms with Gasteiger partial charge < -0.3 is 20.9 Å². The molecule has 1 aliphatic heterocycles. The molecule has 1 heterocycles. The molecule has 0 saturated carbocycles. The van der Waals surface area contributed by atoms with E-state index in [1.54, 1.807) is 18.2 Å². The molecule has 3 amide bonds. The van der Waals surface area contributed by atoms with Crippen LogP contribution in [0, 0.1) is 0 Å². The third kappa shape index (κ3) is 6.05. The van der Waals surface area contributed by atoms with Crippen LogP contribution in [0.2, 0.25) is 0 Å². The van der Waals surface area contributed by atoms with Crippen molar-refractivity contribution < 1.29 is 9.59 Å². The summed E-state index contributed by atoms with van der Waals surface area (Å²) in [6, 6.07) is 6.99. The predicted molar refractivity (Wildman–Crippen MR) is 101 cm³/mol. The third-order valence-electron chi connectivity index (χ3n) is 4.28. The van der Waals surface area contributed by atoms with Gasteiger partial charge in [0.05, 0.1) is 11.3 Å². The molecule has 1 saturated heterocycles. The molecular weight excluding hydrogens is 316 g/mol. The average molecular weight is 346 g/mol. The van der Waals surface area contributed by atoms with Crippen molar-refractivity contribution in [2.24, 2.45) is 0 Å². The van der Waals surface area contributed by atoms with Gasteiger partial charge in [-0.1, -0.05) is 19.1 Å². The summed E-state index contributed by atoms with van der Waals surface area (Å²) in [6.45, 7) is 11.0. The Hall–Kier alpha value is -2.08. The summed E-state index contributed by atoms with van der Waals surface area (Å²) in [6.07, 6.45) is 1.90. The third-order valence-corrected chi connectivity index (χ3v) is 4.28. The Morgan fingerprint density at radius 1 is 1.16 bits per heavy atom. The van der Waals surface area contributed by atoms with Gasteiger partial charge >= 0.3 is 6.03 Å². The molecule has 2 rings (SSSR count). The van der Waals surface area contributed by atoms with E-state index in [-0.39, 0.29) is 23.5 Å². The first-order valence-corrected chi connectivity index (χ1v) is 9.00. The van der Waals surface area contributed by atoms with E-state index >= 15 is 0 Å². The summed E-state index contributed by atoms with van der Waals surface area (Å²) < 4.78 is 0. The van der Waals surface area contributed by atoms with Crippen LogP contribution in [0.1, 0.15) is 50.9 Å². The van der Waals surface area contributed by atoms with Gasteiger partial charge in [0.1, 0.15) is 0 Å². The summed E-state index contributed by atoms with van der Waals surface area (Å²) in [5.74, 6) is -0.195. The second kappa shape index (κ2) is 8.34. The number of rotatable bonds is 4. The zero-order valence-corrected chi connectivity index (χ0v) is 15.7. The topological polar surface area (TPSA) is 73.5 Å². The Labute approximate surface area is 150 Å². The van der Waals surface area contributed by atoms with Gasteiger partial charge in [-0.25, -0.2) is 4.79 Å². The molecule has 0 aliphatic carbocycles. The van der Waals surface area contributed by atoms with E-state index in [1.807, 2.05) is 26.8 Å². The quantitative estimate of drug-likeness (QED) is 0.785. The van der Waals surface area contributed by atoms with E-state index in [1.165, 1.54) is 0 Å². The van der Waals surface area contributed by atoms with Crippen molar-refractivity contribution in [2.45, 2.75) is 52.1 Å². The Morgan fingerprint density at radius 3 is 2.40 bits per heavy atom. The molecule has 138 valence electrons. The number of nitrogens with one attached hydrogen (secondary N) is 3. The predicted octanol–water partition coefficient (Wildman–Crippen LogP) is 2.82. The van der Waals surface area contributed by atoms with Gasteiger partial charge in [-0.3, -0.25) is 4.79 Å². The SMILES string of the molecule is CCN1CCC(NC(=O)Nc2ccccc2C(=O)NC(C)(C)C)CC1. The highest BCUT2D eigenvalue weighted by Crippen LogP contribution is 2.17. The van der Waals surface area contributed by atoms with Crippen molar-refractivity contribution in [3.63, 3.8) is 0 Å². The number of piperidine rings is 1. The maximum atomic E-state index is 12.4. The lowest BCUT2D eigenvalue weighted by Gasteiger charge is -2.31. The van der Waals surface area contributed by atoms with E-state index in [0.717, 1.165) is 32.5 Å². The van der Waals surface area contributed by atoms with Gasteiger partial charge in [-0.15, -0.1) is 0 Å².